The highest BCUT2D eigenvalue weighted by molar-refractivity contribution is 5.01. The van der Waals surface area contributed by atoms with Crippen molar-refractivity contribution in [1.29, 1.82) is 0 Å². The van der Waals surface area contributed by atoms with Crippen LogP contribution in [0, 0.1) is 17.8 Å². The summed E-state index contributed by atoms with van der Waals surface area (Å²) in [5.41, 5.74) is 0. The fourth-order valence-electron chi connectivity index (χ4n) is 0.773. The summed E-state index contributed by atoms with van der Waals surface area (Å²) in [6.45, 7) is 6.00. The Morgan fingerprint density at radius 1 is 1.50 bits per heavy atom. The maximum absolute atomic E-state index is 9.18. The van der Waals surface area contributed by atoms with E-state index in [1.54, 1.807) is 6.92 Å². The Labute approximate surface area is 63.5 Å². The van der Waals surface area contributed by atoms with Gasteiger partial charge in [0, 0.05) is 0 Å². The maximum atomic E-state index is 9.18. The van der Waals surface area contributed by atoms with Crippen LogP contribution < -0.4 is 0 Å². The van der Waals surface area contributed by atoms with E-state index < -0.39 is 6.10 Å². The number of aliphatic hydroxyl groups excluding tert-OH is 1. The van der Waals surface area contributed by atoms with Crippen molar-refractivity contribution >= 4 is 0 Å². The van der Waals surface area contributed by atoms with Gasteiger partial charge in [0.05, 0.1) is 0 Å². The van der Waals surface area contributed by atoms with E-state index in [0.29, 0.717) is 5.92 Å². The molecule has 2 atom stereocenters. The van der Waals surface area contributed by atoms with Crippen LogP contribution in [-0.2, 0) is 0 Å². The van der Waals surface area contributed by atoms with Crippen LogP contribution in [0.4, 0.5) is 0 Å². The highest BCUT2D eigenvalue weighted by atomic mass is 16.3. The third kappa shape index (κ3) is 4.40. The first-order valence-electron chi connectivity index (χ1n) is 3.81. The van der Waals surface area contributed by atoms with Crippen molar-refractivity contribution in [2.75, 3.05) is 0 Å². The van der Waals surface area contributed by atoms with Crippen LogP contribution in [0.2, 0.25) is 0 Å². The molecule has 0 saturated carbocycles. The van der Waals surface area contributed by atoms with E-state index >= 15 is 0 Å². The molecule has 0 bridgehead atoms. The van der Waals surface area contributed by atoms with Gasteiger partial charge in [-0.3, -0.25) is 0 Å². The van der Waals surface area contributed by atoms with Gasteiger partial charge in [0.2, 0.25) is 0 Å². The molecule has 0 aromatic heterocycles. The fourth-order valence-corrected chi connectivity index (χ4v) is 0.773. The van der Waals surface area contributed by atoms with Gasteiger partial charge in [0.15, 0.2) is 0 Å². The second-order valence-electron chi connectivity index (χ2n) is 2.66. The van der Waals surface area contributed by atoms with E-state index in [4.69, 9.17) is 0 Å². The first-order valence-corrected chi connectivity index (χ1v) is 3.81. The highest BCUT2D eigenvalue weighted by Crippen LogP contribution is 2.08. The lowest BCUT2D eigenvalue weighted by Gasteiger charge is -2.08. The summed E-state index contributed by atoms with van der Waals surface area (Å²) in [5, 5.41) is 9.18. The molecule has 0 aliphatic carbocycles. The molecule has 0 spiro atoms. The van der Waals surface area contributed by atoms with Crippen LogP contribution in [0.1, 0.15) is 33.6 Å². The lowest BCUT2D eigenvalue weighted by Crippen LogP contribution is -2.08. The Morgan fingerprint density at radius 3 is 2.50 bits per heavy atom. The predicted octanol–water partition coefficient (Wildman–Crippen LogP) is 1.81. The molecular formula is C9H16O. The van der Waals surface area contributed by atoms with Gasteiger partial charge in [0.25, 0.3) is 0 Å². The molecule has 1 nitrogen and oxygen atoms in total. The summed E-state index contributed by atoms with van der Waals surface area (Å²) >= 11 is 0. The van der Waals surface area contributed by atoms with Gasteiger partial charge >= 0.3 is 0 Å². The minimum atomic E-state index is -0.417. The summed E-state index contributed by atoms with van der Waals surface area (Å²) < 4.78 is 0. The molecule has 58 valence electrons. The Kier molecular flexibility index (Phi) is 5.06. The molecule has 0 saturated heterocycles. The van der Waals surface area contributed by atoms with Crippen molar-refractivity contribution in [1.82, 2.24) is 0 Å². The van der Waals surface area contributed by atoms with E-state index in [1.807, 2.05) is 0 Å². The first-order chi connectivity index (χ1) is 4.70. The van der Waals surface area contributed by atoms with Gasteiger partial charge in [-0.15, -0.1) is 5.92 Å². The molecule has 0 radical (unpaired) electrons. The second kappa shape index (κ2) is 5.32. The molecule has 2 unspecified atom stereocenters. The molecule has 1 heteroatoms. The molecule has 0 amide bonds. The molecule has 0 fully saturated rings. The van der Waals surface area contributed by atoms with Gasteiger partial charge in [-0.2, -0.15) is 0 Å². The topological polar surface area (TPSA) is 20.2 Å². The summed E-state index contributed by atoms with van der Waals surface area (Å²) in [7, 11) is 0. The van der Waals surface area contributed by atoms with Crippen LogP contribution in [-0.4, -0.2) is 11.2 Å². The number of rotatable bonds is 3. The Balaban J connectivity index is 3.53. The highest BCUT2D eigenvalue weighted by Gasteiger charge is 2.04. The smallest absolute Gasteiger partial charge is 0.115 e. The minimum absolute atomic E-state index is 0.417. The van der Waals surface area contributed by atoms with Gasteiger partial charge in [-0.25, -0.2) is 0 Å². The number of hydrogen-bond acceptors (Lipinski definition) is 1. The molecule has 0 aromatic carbocycles. The molecule has 0 heterocycles. The van der Waals surface area contributed by atoms with Gasteiger partial charge in [0.1, 0.15) is 6.10 Å². The summed E-state index contributed by atoms with van der Waals surface area (Å²) in [5.74, 6) is 5.99. The monoisotopic (exact) mass is 140 g/mol. The average Bonchev–Trinajstić information content (AvgIpc) is 1.88. The predicted molar refractivity (Wildman–Crippen MR) is 43.5 cm³/mol. The third-order valence-corrected chi connectivity index (χ3v) is 1.63. The Morgan fingerprint density at radius 2 is 2.10 bits per heavy atom. The van der Waals surface area contributed by atoms with Crippen molar-refractivity contribution in [3.8, 4) is 11.8 Å². The molecule has 0 aromatic rings. The first kappa shape index (κ1) is 9.52. The zero-order valence-electron chi connectivity index (χ0n) is 7.02. The SMILES string of the molecule is CC#CC(O)CC(C)CC. The van der Waals surface area contributed by atoms with E-state index in [1.165, 1.54) is 0 Å². The van der Waals surface area contributed by atoms with Crippen LogP contribution in [0.15, 0.2) is 0 Å². The standard InChI is InChI=1S/C9H16O/c1-4-6-9(10)7-8(3)5-2/h8-10H,5,7H2,1-3H3. The second-order valence-corrected chi connectivity index (χ2v) is 2.66. The normalized spacial score (nSPS) is 15.2. The van der Waals surface area contributed by atoms with E-state index in [0.717, 1.165) is 12.8 Å². The van der Waals surface area contributed by atoms with Crippen molar-refractivity contribution < 1.29 is 5.11 Å². The van der Waals surface area contributed by atoms with Crippen LogP contribution in [0.3, 0.4) is 0 Å². The van der Waals surface area contributed by atoms with Crippen LogP contribution in [0.5, 0.6) is 0 Å². The van der Waals surface area contributed by atoms with Gasteiger partial charge in [-0.05, 0) is 19.3 Å². The summed E-state index contributed by atoms with van der Waals surface area (Å²) in [6, 6.07) is 0. The molecule has 10 heavy (non-hydrogen) atoms. The van der Waals surface area contributed by atoms with Crippen LogP contribution in [0.25, 0.3) is 0 Å². The summed E-state index contributed by atoms with van der Waals surface area (Å²) in [6.07, 6.45) is 1.50. The molecule has 1 N–H and O–H groups in total. The third-order valence-electron chi connectivity index (χ3n) is 1.63. The lowest BCUT2D eigenvalue weighted by molar-refractivity contribution is 0.198. The molecule has 0 aliphatic heterocycles. The van der Waals surface area contributed by atoms with Gasteiger partial charge in [-0.1, -0.05) is 26.2 Å². The average molecular weight is 140 g/mol. The fraction of sp³-hybridized carbons (Fsp3) is 0.778. The Hall–Kier alpha value is -0.480. The van der Waals surface area contributed by atoms with Crippen LogP contribution >= 0.6 is 0 Å². The number of hydrogen-bond donors (Lipinski definition) is 1. The van der Waals surface area contributed by atoms with Crippen molar-refractivity contribution in [2.24, 2.45) is 5.92 Å². The Bertz CT molecular complexity index is 129. The quantitative estimate of drug-likeness (QED) is 0.593. The zero-order chi connectivity index (χ0) is 7.98. The van der Waals surface area contributed by atoms with Gasteiger partial charge < -0.3 is 5.11 Å². The maximum Gasteiger partial charge on any atom is 0.115 e. The molecule has 0 aliphatic rings. The lowest BCUT2D eigenvalue weighted by atomic mass is 10.0. The molecule has 0 rings (SSSR count). The number of aliphatic hydroxyl groups is 1. The largest absolute Gasteiger partial charge is 0.380 e. The van der Waals surface area contributed by atoms with E-state index in [-0.39, 0.29) is 0 Å². The summed E-state index contributed by atoms with van der Waals surface area (Å²) in [4.78, 5) is 0. The minimum Gasteiger partial charge on any atom is -0.380 e. The van der Waals surface area contributed by atoms with Crippen molar-refractivity contribution in [3.63, 3.8) is 0 Å². The molecular weight excluding hydrogens is 124 g/mol. The van der Waals surface area contributed by atoms with Crippen molar-refractivity contribution in [2.45, 2.75) is 39.7 Å². The van der Waals surface area contributed by atoms with Crippen molar-refractivity contribution in [3.05, 3.63) is 0 Å². The zero-order valence-corrected chi connectivity index (χ0v) is 7.02. The van der Waals surface area contributed by atoms with E-state index in [9.17, 15) is 5.11 Å². The van der Waals surface area contributed by atoms with E-state index in [2.05, 4.69) is 25.7 Å².